The number of piperazine rings is 1. The predicted octanol–water partition coefficient (Wildman–Crippen LogP) is 1.70. The van der Waals surface area contributed by atoms with Crippen LogP contribution in [0.1, 0.15) is 58.8 Å². The number of β-amino-alcohol motifs (C(OH)–C–C–N with tert-alkyl or cyclic N) is 1. The van der Waals surface area contributed by atoms with Gasteiger partial charge < -0.3 is 10.0 Å². The highest BCUT2D eigenvalue weighted by atomic mass is 16.3. The van der Waals surface area contributed by atoms with Gasteiger partial charge in [0.1, 0.15) is 0 Å². The molecule has 2 saturated heterocycles. The molecule has 0 radical (unpaired) electrons. The molecule has 3 aliphatic rings. The van der Waals surface area contributed by atoms with Gasteiger partial charge in [0.2, 0.25) is 5.91 Å². The molecule has 0 aromatic carbocycles. The largest absolute Gasteiger partial charge is 0.389 e. The molecular weight excluding hydrogens is 302 g/mol. The normalized spacial score (nSPS) is 30.1. The molecule has 3 fully saturated rings. The average molecular weight is 338 g/mol. The molecule has 0 spiro atoms. The van der Waals surface area contributed by atoms with E-state index in [1.54, 1.807) is 0 Å². The minimum atomic E-state index is -0.463. The zero-order valence-corrected chi connectivity index (χ0v) is 15.5. The first-order valence-electron chi connectivity index (χ1n) is 9.98. The van der Waals surface area contributed by atoms with Crippen LogP contribution in [0.2, 0.25) is 0 Å². The Morgan fingerprint density at radius 3 is 2.33 bits per heavy atom. The van der Waals surface area contributed by atoms with Gasteiger partial charge >= 0.3 is 0 Å². The Kier molecular flexibility index (Phi) is 5.83. The van der Waals surface area contributed by atoms with Crippen LogP contribution in [0.5, 0.6) is 0 Å². The zero-order valence-electron chi connectivity index (χ0n) is 15.5. The Morgan fingerprint density at radius 2 is 1.71 bits per heavy atom. The van der Waals surface area contributed by atoms with Gasteiger partial charge in [0.25, 0.3) is 0 Å². The number of carbonyl (C=O) groups excluding carboxylic acids is 1. The topological polar surface area (TPSA) is 47.0 Å². The Balaban J connectivity index is 1.50. The lowest BCUT2D eigenvalue weighted by Gasteiger charge is -2.45. The van der Waals surface area contributed by atoms with Crippen molar-refractivity contribution >= 4 is 5.91 Å². The Labute approximate surface area is 147 Å². The van der Waals surface area contributed by atoms with E-state index in [-0.39, 0.29) is 6.04 Å². The molecule has 1 aliphatic carbocycles. The lowest BCUT2D eigenvalue weighted by Crippen LogP contribution is -2.59. The second-order valence-electron chi connectivity index (χ2n) is 8.38. The molecule has 2 heterocycles. The van der Waals surface area contributed by atoms with Gasteiger partial charge in [-0.2, -0.15) is 0 Å². The van der Waals surface area contributed by atoms with Crippen LogP contribution in [-0.2, 0) is 4.79 Å². The monoisotopic (exact) mass is 337 g/mol. The van der Waals surface area contributed by atoms with E-state index in [4.69, 9.17) is 0 Å². The van der Waals surface area contributed by atoms with E-state index in [1.807, 2.05) is 4.90 Å². The molecule has 0 aromatic heterocycles. The summed E-state index contributed by atoms with van der Waals surface area (Å²) in [5, 5.41) is 10.8. The second kappa shape index (κ2) is 7.71. The smallest absolute Gasteiger partial charge is 0.240 e. The first-order valence-corrected chi connectivity index (χ1v) is 9.98. The van der Waals surface area contributed by atoms with Crippen LogP contribution in [0.25, 0.3) is 0 Å². The zero-order chi connectivity index (χ0) is 17.2. The molecule has 5 heteroatoms. The van der Waals surface area contributed by atoms with Crippen molar-refractivity contribution in [2.45, 2.75) is 76.5 Å². The summed E-state index contributed by atoms with van der Waals surface area (Å²) < 4.78 is 0. The summed E-state index contributed by atoms with van der Waals surface area (Å²) in [5.41, 5.74) is -0.463. The van der Waals surface area contributed by atoms with E-state index in [2.05, 4.69) is 23.6 Å². The Hall–Kier alpha value is -0.650. The van der Waals surface area contributed by atoms with Crippen LogP contribution in [0.15, 0.2) is 0 Å². The molecule has 1 saturated carbocycles. The fourth-order valence-electron chi connectivity index (χ4n) is 4.75. The van der Waals surface area contributed by atoms with Crippen molar-refractivity contribution in [2.24, 2.45) is 0 Å². The number of rotatable bonds is 4. The molecule has 1 N–H and O–H groups in total. The van der Waals surface area contributed by atoms with Crippen LogP contribution in [0, 0.1) is 0 Å². The summed E-state index contributed by atoms with van der Waals surface area (Å²) in [4.78, 5) is 19.6. The molecule has 0 bridgehead atoms. The third kappa shape index (κ3) is 4.12. The summed E-state index contributed by atoms with van der Waals surface area (Å²) in [6.07, 6.45) is 7.64. The molecule has 24 heavy (non-hydrogen) atoms. The maximum atomic E-state index is 12.7. The van der Waals surface area contributed by atoms with E-state index in [0.717, 1.165) is 77.8 Å². The van der Waals surface area contributed by atoms with Gasteiger partial charge in [-0.1, -0.05) is 19.3 Å². The van der Waals surface area contributed by atoms with Crippen LogP contribution in [0.3, 0.4) is 0 Å². The van der Waals surface area contributed by atoms with Gasteiger partial charge in [-0.05, 0) is 39.5 Å². The molecule has 1 amide bonds. The van der Waals surface area contributed by atoms with Gasteiger partial charge in [0.15, 0.2) is 0 Å². The second-order valence-corrected chi connectivity index (χ2v) is 8.38. The van der Waals surface area contributed by atoms with E-state index in [0.29, 0.717) is 11.9 Å². The minimum absolute atomic E-state index is 0.0843. The highest BCUT2D eigenvalue weighted by Gasteiger charge is 2.37. The SMILES string of the molecule is CC(C)N1CCCC(N2CCN(CC3(O)CCCCC3)CC2)C1=O. The maximum Gasteiger partial charge on any atom is 0.240 e. The summed E-state index contributed by atoms with van der Waals surface area (Å²) in [7, 11) is 0. The number of nitrogens with zero attached hydrogens (tertiary/aromatic N) is 3. The highest BCUT2D eigenvalue weighted by Crippen LogP contribution is 2.29. The third-order valence-corrected chi connectivity index (χ3v) is 6.22. The van der Waals surface area contributed by atoms with Gasteiger partial charge in [-0.3, -0.25) is 14.6 Å². The van der Waals surface area contributed by atoms with Crippen molar-refractivity contribution in [3.63, 3.8) is 0 Å². The van der Waals surface area contributed by atoms with Crippen LogP contribution in [-0.4, -0.2) is 82.7 Å². The average Bonchev–Trinajstić information content (AvgIpc) is 2.56. The quantitative estimate of drug-likeness (QED) is 0.848. The number of carbonyl (C=O) groups is 1. The molecule has 5 nitrogen and oxygen atoms in total. The number of piperidine rings is 1. The lowest BCUT2D eigenvalue weighted by atomic mass is 9.84. The van der Waals surface area contributed by atoms with Crippen molar-refractivity contribution in [1.29, 1.82) is 0 Å². The maximum absolute atomic E-state index is 12.7. The fraction of sp³-hybridized carbons (Fsp3) is 0.947. The molecule has 138 valence electrons. The Morgan fingerprint density at radius 1 is 1.04 bits per heavy atom. The highest BCUT2D eigenvalue weighted by molar-refractivity contribution is 5.82. The molecule has 1 unspecified atom stereocenters. The summed E-state index contributed by atoms with van der Waals surface area (Å²) in [6, 6.07) is 0.392. The standard InChI is InChI=1S/C19H35N3O2/c1-16(2)22-10-6-7-17(18(22)23)21-13-11-20(12-14-21)15-19(24)8-4-3-5-9-19/h16-17,24H,3-15H2,1-2H3. The van der Waals surface area contributed by atoms with Crippen molar-refractivity contribution in [2.75, 3.05) is 39.3 Å². The van der Waals surface area contributed by atoms with E-state index in [9.17, 15) is 9.90 Å². The number of hydrogen-bond acceptors (Lipinski definition) is 4. The summed E-state index contributed by atoms with van der Waals surface area (Å²) in [5.74, 6) is 0.329. The van der Waals surface area contributed by atoms with E-state index in [1.165, 1.54) is 6.42 Å². The lowest BCUT2D eigenvalue weighted by molar-refractivity contribution is -0.143. The number of hydrogen-bond donors (Lipinski definition) is 1. The number of amides is 1. The number of likely N-dealkylation sites (tertiary alicyclic amines) is 1. The first kappa shape index (κ1) is 18.2. The van der Waals surface area contributed by atoms with Crippen LogP contribution in [0.4, 0.5) is 0 Å². The van der Waals surface area contributed by atoms with Crippen molar-refractivity contribution in [1.82, 2.24) is 14.7 Å². The first-order chi connectivity index (χ1) is 11.5. The summed E-state index contributed by atoms with van der Waals surface area (Å²) in [6.45, 7) is 9.84. The Bertz CT molecular complexity index is 426. The minimum Gasteiger partial charge on any atom is -0.389 e. The van der Waals surface area contributed by atoms with Gasteiger partial charge in [0, 0.05) is 45.3 Å². The van der Waals surface area contributed by atoms with Gasteiger partial charge in [0.05, 0.1) is 11.6 Å². The molecule has 2 aliphatic heterocycles. The van der Waals surface area contributed by atoms with Gasteiger partial charge in [-0.15, -0.1) is 0 Å². The molecule has 3 rings (SSSR count). The van der Waals surface area contributed by atoms with Crippen molar-refractivity contribution in [3.8, 4) is 0 Å². The van der Waals surface area contributed by atoms with E-state index >= 15 is 0 Å². The van der Waals surface area contributed by atoms with Gasteiger partial charge in [-0.25, -0.2) is 0 Å². The van der Waals surface area contributed by atoms with Crippen molar-refractivity contribution in [3.05, 3.63) is 0 Å². The van der Waals surface area contributed by atoms with Crippen molar-refractivity contribution < 1.29 is 9.90 Å². The van der Waals surface area contributed by atoms with E-state index < -0.39 is 5.60 Å². The van der Waals surface area contributed by atoms with Crippen LogP contribution < -0.4 is 0 Å². The summed E-state index contributed by atoms with van der Waals surface area (Å²) >= 11 is 0. The van der Waals surface area contributed by atoms with Crippen LogP contribution >= 0.6 is 0 Å². The molecular formula is C19H35N3O2. The third-order valence-electron chi connectivity index (χ3n) is 6.22. The molecule has 0 aromatic rings. The number of aliphatic hydroxyl groups is 1. The molecule has 1 atom stereocenters. The fourth-order valence-corrected chi connectivity index (χ4v) is 4.75. The predicted molar refractivity (Wildman–Crippen MR) is 95.9 cm³/mol.